The molecule has 1 aliphatic heterocycles. The molecule has 1 amide bonds. The number of nitrogens with zero attached hydrogens (tertiary/aromatic N) is 4. The molecule has 0 unspecified atom stereocenters. The van der Waals surface area contributed by atoms with Crippen LogP contribution in [0.2, 0.25) is 5.02 Å². The number of hydrogen-bond acceptors (Lipinski definition) is 3. The number of halogens is 1. The normalized spacial score (nSPS) is 15.2. The molecule has 0 atom stereocenters. The van der Waals surface area contributed by atoms with E-state index in [0.29, 0.717) is 10.6 Å². The second kappa shape index (κ2) is 7.08. The molecule has 2 aromatic heterocycles. The molecule has 0 N–H and O–H groups in total. The first-order chi connectivity index (χ1) is 12.6. The molecule has 26 heavy (non-hydrogen) atoms. The molecule has 3 aromatic rings. The van der Waals surface area contributed by atoms with Crippen LogP contribution in [-0.4, -0.2) is 38.4 Å². The monoisotopic (exact) mass is 368 g/mol. The average Bonchev–Trinajstić information content (AvgIpc) is 2.82. The highest BCUT2D eigenvalue weighted by Crippen LogP contribution is 2.27. The van der Waals surface area contributed by atoms with Gasteiger partial charge >= 0.3 is 0 Å². The molecule has 5 nitrogen and oxygen atoms in total. The topological polar surface area (TPSA) is 51.0 Å². The third-order valence-corrected chi connectivity index (χ3v) is 5.23. The molecule has 3 heterocycles. The van der Waals surface area contributed by atoms with E-state index in [1.165, 1.54) is 12.8 Å². The summed E-state index contributed by atoms with van der Waals surface area (Å²) >= 11 is 6.48. The zero-order valence-electron chi connectivity index (χ0n) is 14.8. The van der Waals surface area contributed by atoms with Gasteiger partial charge in [0.2, 0.25) is 0 Å². The molecule has 1 fully saturated rings. The number of imidazole rings is 1. The van der Waals surface area contributed by atoms with Gasteiger partial charge in [-0.1, -0.05) is 24.4 Å². The smallest absolute Gasteiger partial charge is 0.253 e. The summed E-state index contributed by atoms with van der Waals surface area (Å²) in [4.78, 5) is 23.9. The Hall–Kier alpha value is -2.40. The van der Waals surface area contributed by atoms with Crippen molar-refractivity contribution in [3.8, 4) is 5.69 Å². The summed E-state index contributed by atoms with van der Waals surface area (Å²) in [5.74, 6) is 0.861. The number of aryl methyl sites for hydroxylation is 1. The lowest BCUT2D eigenvalue weighted by Gasteiger charge is -2.21. The van der Waals surface area contributed by atoms with E-state index in [4.69, 9.17) is 11.6 Å². The van der Waals surface area contributed by atoms with Crippen LogP contribution in [0.15, 0.2) is 36.5 Å². The fraction of sp³-hybridized carbons (Fsp3) is 0.350. The summed E-state index contributed by atoms with van der Waals surface area (Å²) in [6, 6.07) is 9.24. The minimum Gasteiger partial charge on any atom is -0.339 e. The van der Waals surface area contributed by atoms with E-state index in [0.717, 1.165) is 48.6 Å². The van der Waals surface area contributed by atoms with Crippen molar-refractivity contribution in [2.24, 2.45) is 0 Å². The molecule has 1 aliphatic rings. The summed E-state index contributed by atoms with van der Waals surface area (Å²) in [5.41, 5.74) is 2.95. The zero-order valence-corrected chi connectivity index (χ0v) is 15.5. The Labute approximate surface area is 157 Å². The number of pyridine rings is 1. The van der Waals surface area contributed by atoms with Gasteiger partial charge in [0.25, 0.3) is 5.91 Å². The van der Waals surface area contributed by atoms with E-state index in [1.807, 2.05) is 34.6 Å². The van der Waals surface area contributed by atoms with Crippen molar-refractivity contribution < 1.29 is 4.79 Å². The lowest BCUT2D eigenvalue weighted by Crippen LogP contribution is -2.31. The van der Waals surface area contributed by atoms with E-state index in [1.54, 1.807) is 18.3 Å². The first-order valence-electron chi connectivity index (χ1n) is 9.04. The van der Waals surface area contributed by atoms with Crippen LogP contribution in [0.3, 0.4) is 0 Å². The van der Waals surface area contributed by atoms with Crippen LogP contribution >= 0.6 is 11.6 Å². The molecule has 4 rings (SSSR count). The highest BCUT2D eigenvalue weighted by atomic mass is 35.5. The maximum Gasteiger partial charge on any atom is 0.253 e. The van der Waals surface area contributed by atoms with Crippen LogP contribution in [0.25, 0.3) is 16.9 Å². The van der Waals surface area contributed by atoms with Crippen molar-refractivity contribution >= 4 is 28.7 Å². The van der Waals surface area contributed by atoms with Crippen molar-refractivity contribution in [3.63, 3.8) is 0 Å². The highest BCUT2D eigenvalue weighted by Gasteiger charge is 2.20. The summed E-state index contributed by atoms with van der Waals surface area (Å²) < 4.78 is 1.91. The van der Waals surface area contributed by atoms with Gasteiger partial charge in [0.1, 0.15) is 11.3 Å². The highest BCUT2D eigenvalue weighted by molar-refractivity contribution is 6.32. The number of likely N-dealkylation sites (tertiary alicyclic amines) is 1. The lowest BCUT2D eigenvalue weighted by atomic mass is 10.1. The first kappa shape index (κ1) is 17.0. The van der Waals surface area contributed by atoms with Gasteiger partial charge in [-0.2, -0.15) is 0 Å². The van der Waals surface area contributed by atoms with Crippen molar-refractivity contribution in [3.05, 3.63) is 52.9 Å². The van der Waals surface area contributed by atoms with Crippen LogP contribution in [0, 0.1) is 6.92 Å². The van der Waals surface area contributed by atoms with E-state index in [9.17, 15) is 4.79 Å². The van der Waals surface area contributed by atoms with E-state index < -0.39 is 0 Å². The lowest BCUT2D eigenvalue weighted by molar-refractivity contribution is 0.0761. The number of carbonyl (C=O) groups is 1. The Bertz CT molecular complexity index is 958. The average molecular weight is 369 g/mol. The predicted octanol–water partition coefficient (Wildman–Crippen LogP) is 4.40. The van der Waals surface area contributed by atoms with Gasteiger partial charge in [0, 0.05) is 24.8 Å². The molecular formula is C20H21ClN4O. The van der Waals surface area contributed by atoms with Gasteiger partial charge in [-0.25, -0.2) is 9.97 Å². The fourth-order valence-corrected chi connectivity index (χ4v) is 3.79. The first-order valence-corrected chi connectivity index (χ1v) is 9.42. The molecular weight excluding hydrogens is 348 g/mol. The van der Waals surface area contributed by atoms with Crippen molar-refractivity contribution in [1.82, 2.24) is 19.4 Å². The van der Waals surface area contributed by atoms with Crippen LogP contribution in [0.1, 0.15) is 41.9 Å². The van der Waals surface area contributed by atoms with Gasteiger partial charge in [0.05, 0.1) is 10.7 Å². The van der Waals surface area contributed by atoms with Crippen LogP contribution < -0.4 is 0 Å². The fourth-order valence-electron chi connectivity index (χ4n) is 3.59. The van der Waals surface area contributed by atoms with Crippen LogP contribution in [-0.2, 0) is 0 Å². The van der Waals surface area contributed by atoms with Crippen molar-refractivity contribution in [2.45, 2.75) is 32.6 Å². The minimum atomic E-state index is 0.0693. The minimum absolute atomic E-state index is 0.0693. The van der Waals surface area contributed by atoms with Gasteiger partial charge < -0.3 is 4.90 Å². The Morgan fingerprint density at radius 3 is 2.65 bits per heavy atom. The summed E-state index contributed by atoms with van der Waals surface area (Å²) in [6.07, 6.45) is 6.27. The molecule has 0 radical (unpaired) electrons. The van der Waals surface area contributed by atoms with Gasteiger partial charge in [-0.3, -0.25) is 9.36 Å². The summed E-state index contributed by atoms with van der Waals surface area (Å²) in [7, 11) is 0. The predicted molar refractivity (Wildman–Crippen MR) is 103 cm³/mol. The molecule has 0 aliphatic carbocycles. The standard InChI is InChI=1S/C20H21ClN4O/c1-14-23-17-7-6-10-22-19(17)25(14)18-13-15(8-9-16(18)21)20(26)24-11-4-2-3-5-12-24/h6-10,13H,2-5,11-12H2,1H3. The molecule has 0 bridgehead atoms. The maximum atomic E-state index is 13.0. The largest absolute Gasteiger partial charge is 0.339 e. The van der Waals surface area contributed by atoms with Gasteiger partial charge in [0.15, 0.2) is 5.65 Å². The second-order valence-electron chi connectivity index (χ2n) is 6.71. The van der Waals surface area contributed by atoms with Crippen LogP contribution in [0.5, 0.6) is 0 Å². The molecule has 1 aromatic carbocycles. The van der Waals surface area contributed by atoms with Gasteiger partial charge in [-0.05, 0) is 50.1 Å². The van der Waals surface area contributed by atoms with E-state index in [2.05, 4.69) is 9.97 Å². The van der Waals surface area contributed by atoms with Gasteiger partial charge in [-0.15, -0.1) is 0 Å². The maximum absolute atomic E-state index is 13.0. The number of fused-ring (bicyclic) bond motifs is 1. The molecule has 0 spiro atoms. The number of rotatable bonds is 2. The number of carbonyl (C=O) groups excluding carboxylic acids is 1. The van der Waals surface area contributed by atoms with Crippen LogP contribution in [0.4, 0.5) is 0 Å². The zero-order chi connectivity index (χ0) is 18.1. The summed E-state index contributed by atoms with van der Waals surface area (Å²) in [6.45, 7) is 3.57. The third kappa shape index (κ3) is 3.07. The Balaban J connectivity index is 1.77. The molecule has 6 heteroatoms. The van der Waals surface area contributed by atoms with Crippen molar-refractivity contribution in [2.75, 3.05) is 13.1 Å². The molecule has 134 valence electrons. The number of aromatic nitrogens is 3. The number of benzene rings is 1. The third-order valence-electron chi connectivity index (χ3n) is 4.91. The quantitative estimate of drug-likeness (QED) is 0.673. The molecule has 0 saturated carbocycles. The SMILES string of the molecule is Cc1nc2cccnc2n1-c1cc(C(=O)N2CCCCCC2)ccc1Cl. The number of amides is 1. The molecule has 1 saturated heterocycles. The Kier molecular flexibility index (Phi) is 4.64. The Morgan fingerprint density at radius 2 is 1.88 bits per heavy atom. The van der Waals surface area contributed by atoms with E-state index >= 15 is 0 Å². The summed E-state index contributed by atoms with van der Waals surface area (Å²) in [5, 5.41) is 0.575. The number of hydrogen-bond donors (Lipinski definition) is 0. The van der Waals surface area contributed by atoms with Crippen molar-refractivity contribution in [1.29, 1.82) is 0 Å². The second-order valence-corrected chi connectivity index (χ2v) is 7.12. The van der Waals surface area contributed by atoms with E-state index in [-0.39, 0.29) is 5.91 Å². The Morgan fingerprint density at radius 1 is 1.12 bits per heavy atom.